The molecule has 2 rings (SSSR count). The van der Waals surface area contributed by atoms with Crippen LogP contribution in [0.4, 0.5) is 8.78 Å². The van der Waals surface area contributed by atoms with Crippen molar-refractivity contribution in [1.29, 1.82) is 0 Å². The summed E-state index contributed by atoms with van der Waals surface area (Å²) in [5.41, 5.74) is 0.970. The van der Waals surface area contributed by atoms with Crippen LogP contribution in [-0.2, 0) is 9.47 Å². The summed E-state index contributed by atoms with van der Waals surface area (Å²) in [6.07, 6.45) is 1.77. The van der Waals surface area contributed by atoms with Gasteiger partial charge in [-0.25, -0.2) is 8.78 Å². The Morgan fingerprint density at radius 3 is 1.92 bits per heavy atom. The minimum absolute atomic E-state index is 0.148. The molecule has 0 aliphatic carbocycles. The summed E-state index contributed by atoms with van der Waals surface area (Å²) < 4.78 is 34.9. The van der Waals surface area contributed by atoms with E-state index in [1.165, 1.54) is 38.5 Å². The van der Waals surface area contributed by atoms with Gasteiger partial charge in [0.1, 0.15) is 11.6 Å². The highest BCUT2D eigenvalue weighted by molar-refractivity contribution is 6.33. The fourth-order valence-electron chi connectivity index (χ4n) is 1.69. The third kappa shape index (κ3) is 7.58. The van der Waals surface area contributed by atoms with Crippen LogP contribution in [0, 0.1) is 11.6 Å². The van der Waals surface area contributed by atoms with Crippen LogP contribution in [0.15, 0.2) is 41.4 Å². The van der Waals surface area contributed by atoms with E-state index >= 15 is 0 Å². The highest BCUT2D eigenvalue weighted by Gasteiger charge is 2.03. The first kappa shape index (κ1) is 22.2. The summed E-state index contributed by atoms with van der Waals surface area (Å²) >= 11 is 11.3. The highest BCUT2D eigenvalue weighted by Crippen LogP contribution is 2.15. The first-order valence-electron chi connectivity index (χ1n) is 7.32. The van der Waals surface area contributed by atoms with Gasteiger partial charge in [-0.15, -0.1) is 0 Å². The lowest BCUT2D eigenvalue weighted by atomic mass is 10.2. The number of methoxy groups -OCH3 is 2. The average molecular weight is 404 g/mol. The van der Waals surface area contributed by atoms with E-state index in [4.69, 9.17) is 32.7 Å². The van der Waals surface area contributed by atoms with Gasteiger partial charge in [0.05, 0.1) is 16.6 Å². The summed E-state index contributed by atoms with van der Waals surface area (Å²) in [6.45, 7) is 0.362. The highest BCUT2D eigenvalue weighted by atomic mass is 35.5. The van der Waals surface area contributed by atoms with E-state index < -0.39 is 5.82 Å². The molecule has 0 aliphatic rings. The summed E-state index contributed by atoms with van der Waals surface area (Å²) in [6, 6.07) is 7.77. The molecule has 0 saturated carbocycles. The summed E-state index contributed by atoms with van der Waals surface area (Å²) in [5.74, 6) is -0.801. The Balaban J connectivity index is 0.000000289. The Hall–Kier alpha value is -1.86. The number of hydrogen-bond acceptors (Lipinski definition) is 4. The van der Waals surface area contributed by atoms with E-state index in [2.05, 4.69) is 4.99 Å². The Morgan fingerprint density at radius 2 is 1.50 bits per heavy atom. The first-order valence-corrected chi connectivity index (χ1v) is 8.07. The van der Waals surface area contributed by atoms with Crippen molar-refractivity contribution in [2.75, 3.05) is 20.8 Å². The molecular weight excluding hydrogens is 387 g/mol. The molecule has 2 aromatic carbocycles. The topological polar surface area (TPSA) is 47.9 Å². The normalized spacial score (nSPS) is 10.7. The number of aliphatic imine (C=N–C) groups is 1. The van der Waals surface area contributed by atoms with E-state index in [-0.39, 0.29) is 17.1 Å². The van der Waals surface area contributed by atoms with Gasteiger partial charge in [0.2, 0.25) is 0 Å². The standard InChI is InChI=1S/C11H13ClFNO2.C7H4ClFO/c1-15-11(16-2)7-14-6-8-3-4-9(13)5-10(8)12;8-7-3-6(9)2-1-5(7)4-10/h3-6,11H,7H2,1-2H3;1-4H. The minimum atomic E-state index is -0.435. The maximum atomic E-state index is 12.7. The van der Waals surface area contributed by atoms with Crippen molar-refractivity contribution in [2.24, 2.45) is 4.99 Å². The van der Waals surface area contributed by atoms with Crippen molar-refractivity contribution in [1.82, 2.24) is 0 Å². The van der Waals surface area contributed by atoms with Crippen LogP contribution in [0.2, 0.25) is 10.0 Å². The van der Waals surface area contributed by atoms with Crippen molar-refractivity contribution >= 4 is 35.7 Å². The number of nitrogens with zero attached hydrogens (tertiary/aromatic N) is 1. The third-order valence-electron chi connectivity index (χ3n) is 3.06. The second kappa shape index (κ2) is 11.7. The lowest BCUT2D eigenvalue weighted by Crippen LogP contribution is -2.16. The van der Waals surface area contributed by atoms with Gasteiger partial charge in [0.15, 0.2) is 12.6 Å². The number of halogens is 4. The molecule has 0 radical (unpaired) electrons. The molecule has 4 nitrogen and oxygen atoms in total. The monoisotopic (exact) mass is 403 g/mol. The van der Waals surface area contributed by atoms with Crippen LogP contribution >= 0.6 is 23.2 Å². The molecular formula is C18H17Cl2F2NO3. The summed E-state index contributed by atoms with van der Waals surface area (Å²) in [7, 11) is 3.07. The number of benzene rings is 2. The molecule has 0 heterocycles. The number of rotatable bonds is 6. The second-order valence-electron chi connectivity index (χ2n) is 4.84. The molecule has 0 unspecified atom stereocenters. The van der Waals surface area contributed by atoms with Crippen LogP contribution in [-0.4, -0.2) is 39.6 Å². The summed E-state index contributed by atoms with van der Waals surface area (Å²) in [5, 5.41) is 0.477. The number of hydrogen-bond donors (Lipinski definition) is 0. The van der Waals surface area contributed by atoms with Gasteiger partial charge in [-0.05, 0) is 36.4 Å². The fraction of sp³-hybridized carbons (Fsp3) is 0.222. The second-order valence-corrected chi connectivity index (χ2v) is 5.66. The summed E-state index contributed by atoms with van der Waals surface area (Å²) in [4.78, 5) is 14.2. The number of aldehydes is 1. The van der Waals surface area contributed by atoms with Gasteiger partial charge in [-0.2, -0.15) is 0 Å². The van der Waals surface area contributed by atoms with Crippen LogP contribution in [0.25, 0.3) is 0 Å². The van der Waals surface area contributed by atoms with Gasteiger partial charge in [-0.3, -0.25) is 9.79 Å². The van der Waals surface area contributed by atoms with Gasteiger partial charge in [-0.1, -0.05) is 23.2 Å². The molecule has 140 valence electrons. The molecule has 0 spiro atoms. The van der Waals surface area contributed by atoms with Gasteiger partial charge >= 0.3 is 0 Å². The molecule has 0 amide bonds. The largest absolute Gasteiger partial charge is 0.354 e. The molecule has 0 bridgehead atoms. The quantitative estimate of drug-likeness (QED) is 0.395. The van der Waals surface area contributed by atoms with Gasteiger partial charge in [0.25, 0.3) is 0 Å². The van der Waals surface area contributed by atoms with Crippen LogP contribution in [0.5, 0.6) is 0 Å². The van der Waals surface area contributed by atoms with Crippen LogP contribution < -0.4 is 0 Å². The lowest BCUT2D eigenvalue weighted by Gasteiger charge is -2.09. The Kier molecular flexibility index (Phi) is 9.98. The van der Waals surface area contributed by atoms with Crippen LogP contribution in [0.1, 0.15) is 15.9 Å². The van der Waals surface area contributed by atoms with Gasteiger partial charge in [0, 0.05) is 31.6 Å². The van der Waals surface area contributed by atoms with E-state index in [9.17, 15) is 13.6 Å². The predicted octanol–water partition coefficient (Wildman–Crippen LogP) is 4.81. The van der Waals surface area contributed by atoms with Crippen molar-refractivity contribution < 1.29 is 23.0 Å². The maximum absolute atomic E-state index is 12.7. The van der Waals surface area contributed by atoms with E-state index in [1.54, 1.807) is 12.3 Å². The Morgan fingerprint density at radius 1 is 1.00 bits per heavy atom. The molecule has 0 fully saturated rings. The lowest BCUT2D eigenvalue weighted by molar-refractivity contribution is -0.0936. The minimum Gasteiger partial charge on any atom is -0.354 e. The van der Waals surface area contributed by atoms with E-state index in [1.807, 2.05) is 0 Å². The molecule has 0 aliphatic heterocycles. The molecule has 8 heteroatoms. The first-order chi connectivity index (χ1) is 12.4. The molecule has 26 heavy (non-hydrogen) atoms. The smallest absolute Gasteiger partial charge is 0.176 e. The molecule has 0 N–H and O–H groups in total. The zero-order valence-electron chi connectivity index (χ0n) is 14.1. The predicted molar refractivity (Wildman–Crippen MR) is 98.5 cm³/mol. The number of carbonyl (C=O) groups is 1. The molecule has 0 saturated heterocycles. The van der Waals surface area contributed by atoms with E-state index in [0.717, 1.165) is 6.07 Å². The van der Waals surface area contributed by atoms with Crippen molar-refractivity contribution in [2.45, 2.75) is 6.29 Å². The zero-order chi connectivity index (χ0) is 19.5. The Bertz CT molecular complexity index is 753. The maximum Gasteiger partial charge on any atom is 0.176 e. The van der Waals surface area contributed by atoms with Crippen molar-refractivity contribution in [3.05, 3.63) is 69.2 Å². The van der Waals surface area contributed by atoms with Crippen LogP contribution in [0.3, 0.4) is 0 Å². The third-order valence-corrected chi connectivity index (χ3v) is 3.72. The Labute approximate surface area is 160 Å². The van der Waals surface area contributed by atoms with E-state index in [0.29, 0.717) is 29.0 Å². The fourth-order valence-corrected chi connectivity index (χ4v) is 2.11. The molecule has 0 atom stereocenters. The molecule has 0 aromatic heterocycles. The van der Waals surface area contributed by atoms with Gasteiger partial charge < -0.3 is 9.47 Å². The number of carbonyl (C=O) groups excluding carboxylic acids is 1. The molecule has 2 aromatic rings. The zero-order valence-corrected chi connectivity index (χ0v) is 15.6. The number of ether oxygens (including phenoxy) is 2. The van der Waals surface area contributed by atoms with Crippen molar-refractivity contribution in [3.8, 4) is 0 Å². The SMILES string of the molecule is COC(CN=Cc1ccc(F)cc1Cl)OC.O=Cc1ccc(F)cc1Cl. The van der Waals surface area contributed by atoms with Crippen molar-refractivity contribution in [3.63, 3.8) is 0 Å². The average Bonchev–Trinajstić information content (AvgIpc) is 2.61.